The van der Waals surface area contributed by atoms with Crippen LogP contribution in [0.4, 0.5) is 14.5 Å². The maximum atomic E-state index is 13.1. The number of aliphatic hydroxyl groups excluding tert-OH is 1. The third-order valence-electron chi connectivity index (χ3n) is 7.01. The molecule has 2 aromatic carbocycles. The molecule has 0 amide bonds. The van der Waals surface area contributed by atoms with Crippen LogP contribution in [0.25, 0.3) is 11.1 Å². The van der Waals surface area contributed by atoms with Gasteiger partial charge in [0.15, 0.2) is 0 Å². The van der Waals surface area contributed by atoms with Gasteiger partial charge >= 0.3 is 6.61 Å². The van der Waals surface area contributed by atoms with Gasteiger partial charge in [-0.15, -0.1) is 0 Å². The molecule has 5 nitrogen and oxygen atoms in total. The highest BCUT2D eigenvalue weighted by atomic mass is 19.3. The minimum atomic E-state index is -2.94. The number of pyridine rings is 1. The van der Waals surface area contributed by atoms with Gasteiger partial charge in [0.25, 0.3) is 5.56 Å². The summed E-state index contributed by atoms with van der Waals surface area (Å²) in [5.74, 6) is -0.176. The molecule has 3 atom stereocenters. The molecule has 1 saturated carbocycles. The number of para-hydroxylation sites is 1. The van der Waals surface area contributed by atoms with E-state index in [0.29, 0.717) is 23.3 Å². The third-order valence-corrected chi connectivity index (χ3v) is 7.01. The second kappa shape index (κ2) is 7.63. The van der Waals surface area contributed by atoms with Crippen LogP contribution in [0.3, 0.4) is 0 Å². The van der Waals surface area contributed by atoms with Crippen LogP contribution in [0.5, 0.6) is 5.75 Å². The molecule has 7 heteroatoms. The molecular weight excluding hydrogens is 426 g/mol. The summed E-state index contributed by atoms with van der Waals surface area (Å²) in [5.41, 5.74) is 4.68. The molecule has 1 aromatic heterocycles. The molecule has 3 aromatic rings. The van der Waals surface area contributed by atoms with Crippen molar-refractivity contribution >= 4 is 11.4 Å². The van der Waals surface area contributed by atoms with Crippen LogP contribution >= 0.6 is 0 Å². The smallest absolute Gasteiger partial charge is 0.387 e. The molecule has 0 radical (unpaired) electrons. The highest BCUT2D eigenvalue weighted by Gasteiger charge is 2.55. The highest BCUT2D eigenvalue weighted by molar-refractivity contribution is 6.07. The summed E-state index contributed by atoms with van der Waals surface area (Å²) in [6, 6.07) is 14.5. The molecule has 0 unspecified atom stereocenters. The minimum absolute atomic E-state index is 0.0490. The van der Waals surface area contributed by atoms with Crippen molar-refractivity contribution in [2.45, 2.75) is 44.3 Å². The molecule has 1 N–H and O–H groups in total. The summed E-state index contributed by atoms with van der Waals surface area (Å²) in [7, 11) is 1.72. The number of aromatic nitrogens is 1. The Bertz CT molecular complexity index is 1320. The first-order valence-electron chi connectivity index (χ1n) is 10.8. The van der Waals surface area contributed by atoms with Crippen molar-refractivity contribution in [1.29, 1.82) is 0 Å². The normalized spacial score (nSPS) is 23.4. The average molecular weight is 450 g/mol. The topological polar surface area (TPSA) is 63.8 Å². The number of fused-ring (bicyclic) bond motifs is 3. The number of halogens is 2. The van der Waals surface area contributed by atoms with Gasteiger partial charge in [-0.1, -0.05) is 24.3 Å². The molecule has 5 rings (SSSR count). The van der Waals surface area contributed by atoms with E-state index in [4.69, 9.17) is 9.73 Å². The van der Waals surface area contributed by atoms with Crippen LogP contribution < -0.4 is 10.3 Å². The lowest BCUT2D eigenvalue weighted by Crippen LogP contribution is -2.33. The van der Waals surface area contributed by atoms with E-state index in [0.717, 1.165) is 22.4 Å². The summed E-state index contributed by atoms with van der Waals surface area (Å²) in [6.07, 6.45) is 1.37. The fourth-order valence-electron chi connectivity index (χ4n) is 5.42. The Labute approximate surface area is 190 Å². The maximum Gasteiger partial charge on any atom is 0.387 e. The molecule has 2 heterocycles. The van der Waals surface area contributed by atoms with Crippen LogP contribution in [0.15, 0.2) is 64.5 Å². The van der Waals surface area contributed by atoms with Gasteiger partial charge in [0.05, 0.1) is 17.5 Å². The molecule has 0 spiro atoms. The Morgan fingerprint density at radius 2 is 1.94 bits per heavy atom. The molecule has 1 aliphatic carbocycles. The van der Waals surface area contributed by atoms with Gasteiger partial charge in [-0.05, 0) is 66.8 Å². The summed E-state index contributed by atoms with van der Waals surface area (Å²) < 4.78 is 32.5. The number of hydrogen-bond donors (Lipinski definition) is 1. The number of rotatable bonds is 4. The number of benzene rings is 2. The lowest BCUT2D eigenvalue weighted by atomic mass is 9.70. The van der Waals surface area contributed by atoms with Crippen LogP contribution in [0.1, 0.15) is 36.0 Å². The van der Waals surface area contributed by atoms with E-state index in [9.17, 15) is 18.7 Å². The minimum Gasteiger partial charge on any atom is -0.435 e. The van der Waals surface area contributed by atoms with E-state index in [-0.39, 0.29) is 17.2 Å². The van der Waals surface area contributed by atoms with Gasteiger partial charge in [0, 0.05) is 30.1 Å². The lowest BCUT2D eigenvalue weighted by Gasteiger charge is -2.31. The number of aryl methyl sites for hydroxylation is 2. The van der Waals surface area contributed by atoms with E-state index in [1.54, 1.807) is 42.9 Å². The van der Waals surface area contributed by atoms with E-state index < -0.39 is 18.1 Å². The van der Waals surface area contributed by atoms with Crippen LogP contribution in [0, 0.1) is 6.92 Å². The second-order valence-corrected chi connectivity index (χ2v) is 8.98. The number of alkyl halides is 2. The number of ether oxygens (including phenoxy) is 1. The SMILES string of the molecule is Cc1cc(-c2ccc3c(c2)[C@]2(C)C(=N3)[C@H](O)C[C@@H]2c2ccccc2OC(F)F)cn(C)c1=O. The zero-order chi connectivity index (χ0) is 23.5. The number of aliphatic hydroxyl groups is 1. The molecular formula is C26H24F2N2O3. The molecule has 0 saturated heterocycles. The van der Waals surface area contributed by atoms with E-state index in [1.165, 1.54) is 6.07 Å². The van der Waals surface area contributed by atoms with Gasteiger partial charge in [-0.25, -0.2) is 0 Å². The Morgan fingerprint density at radius 3 is 2.67 bits per heavy atom. The van der Waals surface area contributed by atoms with Crippen molar-refractivity contribution in [1.82, 2.24) is 4.57 Å². The Hall–Kier alpha value is -3.32. The second-order valence-electron chi connectivity index (χ2n) is 8.98. The lowest BCUT2D eigenvalue weighted by molar-refractivity contribution is -0.0507. The molecule has 1 aliphatic heterocycles. The van der Waals surface area contributed by atoms with Crippen LogP contribution in [0.2, 0.25) is 0 Å². The summed E-state index contributed by atoms with van der Waals surface area (Å²) >= 11 is 0. The van der Waals surface area contributed by atoms with Crippen molar-refractivity contribution in [3.05, 3.63) is 81.8 Å². The third kappa shape index (κ3) is 3.30. The number of hydrogen-bond acceptors (Lipinski definition) is 4. The Balaban J connectivity index is 1.65. The highest BCUT2D eigenvalue weighted by Crippen LogP contribution is 2.57. The number of nitrogens with zero attached hydrogens (tertiary/aromatic N) is 2. The van der Waals surface area contributed by atoms with Gasteiger partial charge < -0.3 is 14.4 Å². The Kier molecular flexibility index (Phi) is 4.97. The van der Waals surface area contributed by atoms with E-state index in [1.807, 2.05) is 31.2 Å². The largest absolute Gasteiger partial charge is 0.435 e. The van der Waals surface area contributed by atoms with Gasteiger partial charge in [0.1, 0.15) is 5.75 Å². The summed E-state index contributed by atoms with van der Waals surface area (Å²) in [5, 5.41) is 10.9. The quantitative estimate of drug-likeness (QED) is 0.618. The monoisotopic (exact) mass is 450 g/mol. The summed E-state index contributed by atoms with van der Waals surface area (Å²) in [4.78, 5) is 16.9. The zero-order valence-electron chi connectivity index (χ0n) is 18.5. The predicted molar refractivity (Wildman–Crippen MR) is 123 cm³/mol. The van der Waals surface area contributed by atoms with E-state index in [2.05, 4.69) is 0 Å². The first-order chi connectivity index (χ1) is 15.7. The average Bonchev–Trinajstić information content (AvgIpc) is 3.21. The van der Waals surface area contributed by atoms with Crippen LogP contribution in [-0.4, -0.2) is 28.1 Å². The van der Waals surface area contributed by atoms with Crippen LogP contribution in [-0.2, 0) is 12.5 Å². The maximum absolute atomic E-state index is 13.1. The molecule has 1 fully saturated rings. The summed E-state index contributed by atoms with van der Waals surface area (Å²) in [6.45, 7) is 0.854. The van der Waals surface area contributed by atoms with Crippen molar-refractivity contribution in [3.8, 4) is 16.9 Å². The van der Waals surface area contributed by atoms with Crippen molar-refractivity contribution in [2.75, 3.05) is 0 Å². The standard InChI is InChI=1S/C26H24F2N2O3/c1-14-10-16(13-30(3)24(14)32)15-8-9-20-19(11-15)26(2)18(12-21(31)23(26)29-20)17-6-4-5-7-22(17)33-25(27)28/h4-11,13,18,21,25,31H,12H2,1-3H3/t18-,21-,26-/m1/s1. The van der Waals surface area contributed by atoms with Gasteiger partial charge in [-0.2, -0.15) is 8.78 Å². The fourth-order valence-corrected chi connectivity index (χ4v) is 5.42. The Morgan fingerprint density at radius 1 is 1.18 bits per heavy atom. The molecule has 0 bridgehead atoms. The molecule has 33 heavy (non-hydrogen) atoms. The number of aliphatic imine (C=N–C) groups is 1. The first-order valence-corrected chi connectivity index (χ1v) is 10.8. The molecule has 170 valence electrons. The van der Waals surface area contributed by atoms with Crippen molar-refractivity contribution in [3.63, 3.8) is 0 Å². The van der Waals surface area contributed by atoms with Crippen molar-refractivity contribution in [2.24, 2.45) is 12.0 Å². The van der Waals surface area contributed by atoms with Crippen molar-refractivity contribution < 1.29 is 18.6 Å². The van der Waals surface area contributed by atoms with Gasteiger partial charge in [-0.3, -0.25) is 9.79 Å². The van der Waals surface area contributed by atoms with E-state index >= 15 is 0 Å². The molecule has 2 aliphatic rings. The zero-order valence-corrected chi connectivity index (χ0v) is 18.5. The fraction of sp³-hybridized carbons (Fsp3) is 0.308. The predicted octanol–water partition coefficient (Wildman–Crippen LogP) is 4.85. The first kappa shape index (κ1) is 21.5. The van der Waals surface area contributed by atoms with Gasteiger partial charge in [0.2, 0.25) is 0 Å².